The minimum absolute atomic E-state index is 0.0296. The number of fused-ring (bicyclic) bond motifs is 2. The van der Waals surface area contributed by atoms with Crippen molar-refractivity contribution < 1.29 is 33.4 Å². The Kier molecular flexibility index (Phi) is 7.39. The van der Waals surface area contributed by atoms with Crippen molar-refractivity contribution in [3.63, 3.8) is 0 Å². The van der Waals surface area contributed by atoms with Gasteiger partial charge in [-0.3, -0.25) is 29.4 Å². The number of hydrogen-bond donors (Lipinski definition) is 3. The predicted molar refractivity (Wildman–Crippen MR) is 150 cm³/mol. The Morgan fingerprint density at radius 3 is 2.51 bits per heavy atom. The number of imide groups is 2. The highest BCUT2D eigenvalue weighted by Gasteiger charge is 2.44. The molecule has 0 saturated carbocycles. The first-order valence-electron chi connectivity index (χ1n) is 13.2. The third kappa shape index (κ3) is 5.32. The maximum Gasteiger partial charge on any atom is 0.319 e. The van der Waals surface area contributed by atoms with Gasteiger partial charge in [-0.25, -0.2) is 9.78 Å². The van der Waals surface area contributed by atoms with Gasteiger partial charge in [-0.2, -0.15) is 0 Å². The average molecular weight is 580 g/mol. The van der Waals surface area contributed by atoms with Crippen LogP contribution >= 0.6 is 11.3 Å². The topological polar surface area (TPSA) is 156 Å². The molecule has 3 N–H and O–H groups in total. The molecular formula is C28H29N5O7S. The lowest BCUT2D eigenvalue weighted by molar-refractivity contribution is -0.136. The first-order valence-corrected chi connectivity index (χ1v) is 14.0. The summed E-state index contributed by atoms with van der Waals surface area (Å²) in [5.74, 6) is -1.14. The fourth-order valence-corrected chi connectivity index (χ4v) is 5.88. The quantitative estimate of drug-likeness (QED) is 0.342. The van der Waals surface area contributed by atoms with Crippen LogP contribution in [0.2, 0.25) is 0 Å². The average Bonchev–Trinajstić information content (AvgIpc) is 3.44. The number of nitrogens with zero attached hydrogens (tertiary/aromatic N) is 2. The second-order valence-electron chi connectivity index (χ2n) is 10.1. The number of ether oxygens (including phenoxy) is 2. The monoisotopic (exact) mass is 579 g/mol. The largest absolute Gasteiger partial charge is 0.494 e. The number of aromatic nitrogens is 1. The van der Waals surface area contributed by atoms with Crippen molar-refractivity contribution in [2.45, 2.75) is 52.1 Å². The highest BCUT2D eigenvalue weighted by Crippen LogP contribution is 2.38. The molecular weight excluding hydrogens is 550 g/mol. The van der Waals surface area contributed by atoms with Crippen molar-refractivity contribution >= 4 is 56.9 Å². The molecule has 41 heavy (non-hydrogen) atoms. The van der Waals surface area contributed by atoms with E-state index in [2.05, 4.69) is 16.0 Å². The van der Waals surface area contributed by atoms with Crippen molar-refractivity contribution in [3.8, 4) is 11.5 Å². The van der Waals surface area contributed by atoms with E-state index in [4.69, 9.17) is 14.5 Å². The number of hydrogen-bond acceptors (Lipinski definition) is 9. The molecule has 0 spiro atoms. The van der Waals surface area contributed by atoms with Crippen molar-refractivity contribution in [2.75, 3.05) is 18.5 Å². The fraction of sp³-hybridized carbons (Fsp3) is 0.357. The van der Waals surface area contributed by atoms with Crippen LogP contribution in [0.15, 0.2) is 30.3 Å². The van der Waals surface area contributed by atoms with Gasteiger partial charge in [0, 0.05) is 18.2 Å². The summed E-state index contributed by atoms with van der Waals surface area (Å²) >= 11 is 1.41. The van der Waals surface area contributed by atoms with Gasteiger partial charge < -0.3 is 20.1 Å². The molecule has 3 aromatic rings. The van der Waals surface area contributed by atoms with Gasteiger partial charge in [-0.15, -0.1) is 11.3 Å². The Hall–Kier alpha value is -4.52. The van der Waals surface area contributed by atoms with E-state index < -0.39 is 41.2 Å². The van der Waals surface area contributed by atoms with Crippen LogP contribution < -0.4 is 25.4 Å². The number of nitrogens with one attached hydrogen (secondary N) is 3. The summed E-state index contributed by atoms with van der Waals surface area (Å²) in [6.45, 7) is 8.39. The number of urea groups is 1. The zero-order valence-corrected chi connectivity index (χ0v) is 23.8. The number of carbonyl (C=O) groups is 5. The lowest BCUT2D eigenvalue weighted by Crippen LogP contribution is -2.54. The SMILES string of the molecule is CCOc1cc(OCC)c2nc(C(C)(C)NC(=O)Nc3ccc4c(c3)C(=O)N(C3CCC(=O)NC3=O)C4=O)sc2c1. The number of rotatable bonds is 8. The fourth-order valence-electron chi connectivity index (χ4n) is 4.81. The van der Waals surface area contributed by atoms with Crippen molar-refractivity contribution in [2.24, 2.45) is 0 Å². The Bertz CT molecular complexity index is 1600. The van der Waals surface area contributed by atoms with Gasteiger partial charge in [0.05, 0.1) is 34.6 Å². The third-order valence-electron chi connectivity index (χ3n) is 6.70. The summed E-state index contributed by atoms with van der Waals surface area (Å²) in [5, 5.41) is 8.43. The normalized spacial score (nSPS) is 17.0. The predicted octanol–water partition coefficient (Wildman–Crippen LogP) is 3.55. The van der Waals surface area contributed by atoms with E-state index in [0.29, 0.717) is 35.2 Å². The van der Waals surface area contributed by atoms with Crippen LogP contribution in [0, 0.1) is 0 Å². The van der Waals surface area contributed by atoms with Crippen LogP contribution in [-0.2, 0) is 15.1 Å². The van der Waals surface area contributed by atoms with Gasteiger partial charge in [0.1, 0.15) is 28.1 Å². The molecule has 6 amide bonds. The molecule has 13 heteroatoms. The van der Waals surface area contributed by atoms with Crippen molar-refractivity contribution in [1.29, 1.82) is 0 Å². The van der Waals surface area contributed by atoms with Gasteiger partial charge in [0.25, 0.3) is 11.8 Å². The van der Waals surface area contributed by atoms with Crippen LogP contribution in [0.5, 0.6) is 11.5 Å². The molecule has 0 radical (unpaired) electrons. The van der Waals surface area contributed by atoms with Crippen LogP contribution in [0.3, 0.4) is 0 Å². The molecule has 0 bridgehead atoms. The zero-order chi connectivity index (χ0) is 29.5. The van der Waals surface area contributed by atoms with E-state index in [9.17, 15) is 24.0 Å². The van der Waals surface area contributed by atoms with Crippen LogP contribution in [0.4, 0.5) is 10.5 Å². The maximum atomic E-state index is 13.1. The smallest absolute Gasteiger partial charge is 0.319 e. The van der Waals surface area contributed by atoms with Gasteiger partial charge in [0.15, 0.2) is 0 Å². The molecule has 0 aliphatic carbocycles. The summed E-state index contributed by atoms with van der Waals surface area (Å²) in [6.07, 6.45) is 0.0886. The summed E-state index contributed by atoms with van der Waals surface area (Å²) in [7, 11) is 0. The molecule has 1 atom stereocenters. The first-order chi connectivity index (χ1) is 19.5. The van der Waals surface area contributed by atoms with Crippen LogP contribution in [-0.4, -0.2) is 58.8 Å². The minimum Gasteiger partial charge on any atom is -0.494 e. The Balaban J connectivity index is 1.32. The zero-order valence-electron chi connectivity index (χ0n) is 23.0. The first kappa shape index (κ1) is 28.0. The van der Waals surface area contributed by atoms with E-state index in [1.165, 1.54) is 29.5 Å². The van der Waals surface area contributed by atoms with Gasteiger partial charge in [-0.05, 0) is 58.4 Å². The second-order valence-corrected chi connectivity index (χ2v) is 11.1. The lowest BCUT2D eigenvalue weighted by atomic mass is 10.0. The molecule has 12 nitrogen and oxygen atoms in total. The summed E-state index contributed by atoms with van der Waals surface area (Å²) < 4.78 is 12.3. The molecule has 1 saturated heterocycles. The molecule has 214 valence electrons. The summed E-state index contributed by atoms with van der Waals surface area (Å²) in [6, 6.07) is 6.41. The second kappa shape index (κ2) is 10.8. The molecule has 1 unspecified atom stereocenters. The van der Waals surface area contributed by atoms with Crippen molar-refractivity contribution in [1.82, 2.24) is 20.5 Å². The highest BCUT2D eigenvalue weighted by molar-refractivity contribution is 7.18. The van der Waals surface area contributed by atoms with E-state index in [1.54, 1.807) is 6.07 Å². The molecule has 2 aromatic carbocycles. The Labute approximate surface area is 239 Å². The van der Waals surface area contributed by atoms with E-state index in [0.717, 1.165) is 9.60 Å². The van der Waals surface area contributed by atoms with Crippen LogP contribution in [0.25, 0.3) is 10.2 Å². The maximum absolute atomic E-state index is 13.1. The van der Waals surface area contributed by atoms with Gasteiger partial charge in [-0.1, -0.05) is 0 Å². The number of benzene rings is 2. The van der Waals surface area contributed by atoms with E-state index in [-0.39, 0.29) is 29.7 Å². The number of thiazole rings is 1. The molecule has 3 heterocycles. The van der Waals surface area contributed by atoms with Gasteiger partial charge in [0.2, 0.25) is 11.8 Å². The minimum atomic E-state index is -1.07. The highest BCUT2D eigenvalue weighted by atomic mass is 32.1. The summed E-state index contributed by atoms with van der Waals surface area (Å²) in [5.41, 5.74) is 0.266. The summed E-state index contributed by atoms with van der Waals surface area (Å²) in [4.78, 5) is 68.4. The molecule has 1 aromatic heterocycles. The van der Waals surface area contributed by atoms with Crippen molar-refractivity contribution in [3.05, 3.63) is 46.5 Å². The number of carbonyl (C=O) groups excluding carboxylic acids is 5. The van der Waals surface area contributed by atoms with Gasteiger partial charge >= 0.3 is 6.03 Å². The third-order valence-corrected chi connectivity index (χ3v) is 8.03. The van der Waals surface area contributed by atoms with E-state index in [1.807, 2.05) is 33.8 Å². The Morgan fingerprint density at radius 1 is 1.07 bits per heavy atom. The number of piperidine rings is 1. The molecule has 2 aliphatic rings. The lowest BCUT2D eigenvalue weighted by Gasteiger charge is -2.27. The molecule has 5 rings (SSSR count). The molecule has 1 fully saturated rings. The number of anilines is 1. The van der Waals surface area contributed by atoms with E-state index >= 15 is 0 Å². The standard InChI is InChI=1S/C28H29N5O7S/c1-5-39-15-12-19(40-6-2)22-20(13-15)41-26(31-22)28(3,4)32-27(38)29-14-7-8-16-17(11-14)25(37)33(24(16)36)18-9-10-21(34)30-23(18)35/h7-8,11-13,18H,5-6,9-10H2,1-4H3,(H2,29,32,38)(H,30,34,35). The molecule has 2 aliphatic heterocycles. The van der Waals surface area contributed by atoms with Crippen LogP contribution in [0.1, 0.15) is 66.3 Å². The number of amides is 6. The Morgan fingerprint density at radius 2 is 1.80 bits per heavy atom.